The summed E-state index contributed by atoms with van der Waals surface area (Å²) >= 11 is 17.9. The summed E-state index contributed by atoms with van der Waals surface area (Å²) in [5.74, 6) is -3.62. The number of ether oxygens (including phenoxy) is 5. The summed E-state index contributed by atoms with van der Waals surface area (Å²) in [7, 11) is 2.53. The number of non-ortho nitro benzene ring substituents is 4. The van der Waals surface area contributed by atoms with Crippen molar-refractivity contribution in [2.24, 2.45) is 0 Å². The molecule has 0 aliphatic carbocycles. The number of nitro benzene ring substituents is 4. The van der Waals surface area contributed by atoms with E-state index in [1.807, 2.05) is 0 Å². The fraction of sp³-hybridized carbons (Fsp3) is 0.254. The number of nitrogens with two attached hydrogens (primary N) is 2. The number of rotatable bonds is 19. The van der Waals surface area contributed by atoms with Gasteiger partial charge in [0.05, 0.1) is 46.4 Å². The van der Waals surface area contributed by atoms with Gasteiger partial charge in [0.1, 0.15) is 42.3 Å². The molecule has 1 saturated heterocycles. The van der Waals surface area contributed by atoms with Gasteiger partial charge in [-0.2, -0.15) is 0 Å². The number of amides is 3. The molecule has 0 bridgehead atoms. The number of carbonyl (C=O) groups is 8. The number of carbonyl (C=O) groups excluding carboxylic acids is 8. The molecule has 0 radical (unpaired) electrons. The number of nitrogens with zero attached hydrogens (tertiary/aromatic N) is 7. The van der Waals surface area contributed by atoms with Crippen LogP contribution in [0.3, 0.4) is 0 Å². The third-order valence-electron chi connectivity index (χ3n) is 11.0. The Hall–Kier alpha value is -10.0. The molecule has 7 rings (SSSR count). The fourth-order valence-corrected chi connectivity index (χ4v) is 6.92. The summed E-state index contributed by atoms with van der Waals surface area (Å²) in [5.41, 5.74) is 13.1. The predicted octanol–water partition coefficient (Wildman–Crippen LogP) is 7.27. The Morgan fingerprint density at radius 1 is 0.588 bits per heavy atom. The number of esters is 3. The van der Waals surface area contributed by atoms with Crippen molar-refractivity contribution < 1.29 is 148 Å². The van der Waals surface area contributed by atoms with Crippen LogP contribution >= 0.6 is 50.7 Å². The van der Waals surface area contributed by atoms with Gasteiger partial charge in [-0.25, -0.2) is 0 Å². The second kappa shape index (κ2) is 51.2. The summed E-state index contributed by atoms with van der Waals surface area (Å²) < 4.78 is 92.2. The first-order valence-electron chi connectivity index (χ1n) is 26.9. The molecule has 0 aromatic heterocycles. The van der Waals surface area contributed by atoms with Gasteiger partial charge in [-0.1, -0.05) is 35.5 Å². The van der Waals surface area contributed by atoms with Crippen LogP contribution in [0, 0.1) is 40.5 Å². The molecule has 3 amide bonds. The monoisotopic (exact) mass is 1580 g/mol. The molecule has 43 heteroatoms. The molecular weight excluding hydrogens is 1530 g/mol. The number of aryl methyl sites for hydroxylation is 1. The second-order valence-electron chi connectivity index (χ2n) is 17.8. The minimum atomic E-state index is -4.83. The van der Waals surface area contributed by atoms with Gasteiger partial charge in [0.2, 0.25) is 23.0 Å². The molecule has 0 unspecified atom stereocenters. The van der Waals surface area contributed by atoms with Crippen LogP contribution in [0.5, 0.6) is 11.5 Å². The summed E-state index contributed by atoms with van der Waals surface area (Å²) in [6.07, 6.45) is -8.65. The molecule has 6 aromatic carbocycles. The maximum atomic E-state index is 12.4. The van der Waals surface area contributed by atoms with E-state index in [1.165, 1.54) is 128 Å². The van der Waals surface area contributed by atoms with Crippen LogP contribution in [0.4, 0.5) is 77.5 Å². The van der Waals surface area contributed by atoms with E-state index in [0.29, 0.717) is 41.1 Å². The smallest absolute Gasteiger partial charge is 0.662 e. The molecule has 0 saturated carbocycles. The number of piperazine rings is 1. The van der Waals surface area contributed by atoms with Gasteiger partial charge in [0.25, 0.3) is 29.2 Å². The van der Waals surface area contributed by atoms with Crippen LogP contribution in [0.2, 0.25) is 0 Å². The number of methoxy groups -OCH3 is 2. The van der Waals surface area contributed by atoms with Gasteiger partial charge in [0, 0.05) is 83.4 Å². The molecule has 0 atom stereocenters. The minimum absolute atomic E-state index is 0. The first kappa shape index (κ1) is 96.2. The van der Waals surface area contributed by atoms with Crippen molar-refractivity contribution >= 4 is 149 Å². The van der Waals surface area contributed by atoms with E-state index in [9.17, 15) is 100 Å². The zero-order chi connectivity index (χ0) is 76.3. The van der Waals surface area contributed by atoms with Crippen molar-refractivity contribution in [1.82, 2.24) is 0 Å². The molecule has 4 N–H and O–H groups in total. The third-order valence-corrected chi connectivity index (χ3v) is 12.2. The van der Waals surface area contributed by atoms with E-state index < -0.39 is 67.1 Å². The van der Waals surface area contributed by atoms with Gasteiger partial charge < -0.3 is 60.0 Å². The molecule has 0 spiro atoms. The van der Waals surface area contributed by atoms with Crippen molar-refractivity contribution in [3.63, 3.8) is 0 Å². The SMILES string of the molecule is C.CCOC(=O)CBr.COC(=O)CCc1ccc([N+](=O)[O-])cc1.COC(=O)CN(C(=O)CCl)c1ccc([N+](=O)[O-])cc1.Nc1ccc(OC(F)(F)F)cc1.Nc1ccc([N+](=O)[O-])cc1.O=C(Cl)CCl.O=C1CN(c2ccc([N+](=O)[O-])cc2)C(=O)CN1c1ccc(OC(F)(F)F)cc1.O=CO[O-].[Na+]. The second-order valence-corrected chi connectivity index (χ2v) is 19.3. The maximum absolute atomic E-state index is 12.4. The number of hydrogen-bond acceptors (Lipinski definition) is 25. The number of halogens is 10. The molecular formula is C59H60BrCl3F6N9NaO23. The number of hydrogen-bond donors (Lipinski definition) is 2. The summed E-state index contributed by atoms with van der Waals surface area (Å²) in [6.45, 7) is 1.12. The summed E-state index contributed by atoms with van der Waals surface area (Å²) in [4.78, 5) is 132. The topological polar surface area (TPSA) is 449 Å². The zero-order valence-corrected chi connectivity index (χ0v) is 58.6. The number of alkyl halides is 9. The molecule has 1 heterocycles. The standard InChI is InChI=1S/C17H12F3N3O5.C11H11ClN2O5.C10H11NO4.C7H6F3NO.C6H6N2O2.C4H7BrO2.C2H2Cl2O.CH2O3.CH4.Na/c18-17(19,20)28-14-7-5-12(6-8-14)22-10-15(24)21(9-16(22)25)11-1-3-13(4-2-11)23(26)27;1-19-11(16)7-13(10(15)6-12)8-2-4-9(5-3-8)14(17)18;1-15-10(12)7-4-8-2-5-9(6-3-8)11(13)14;8-7(9,10)12-6-3-1-5(11)2-4-6;7-5-1-3-6(4-2-5)8(9)10;1-2-7-4(6)3-5;3-1-2(4)5;2-1-4-3;;/h1-8H,9-10H2;2-5H,6-7H2,1H3;2-3,5-6H,4,7H2,1H3;1-4H,11H2;1-4H,7H2;2-3H2,1H3;1H2;1,3H;1H4;/q;;;;;;;;;+1/p-1. The number of nitrogen functional groups attached to an aromatic ring is 2. The van der Waals surface area contributed by atoms with E-state index >= 15 is 0 Å². The van der Waals surface area contributed by atoms with Gasteiger partial charge in [0.15, 0.2) is 0 Å². The van der Waals surface area contributed by atoms with E-state index in [-0.39, 0.29) is 127 Å². The van der Waals surface area contributed by atoms with Gasteiger partial charge in [-0.15, -0.1) is 49.5 Å². The Morgan fingerprint density at radius 2 is 0.912 bits per heavy atom. The van der Waals surface area contributed by atoms with Gasteiger partial charge >= 0.3 is 60.2 Å². The molecule has 1 aliphatic rings. The van der Waals surface area contributed by atoms with Crippen molar-refractivity contribution in [1.29, 1.82) is 0 Å². The number of nitro groups is 4. The summed E-state index contributed by atoms with van der Waals surface area (Å²) in [6, 6.07) is 31.8. The molecule has 1 fully saturated rings. The Labute approximate surface area is 620 Å². The Bertz CT molecular complexity index is 3630. The molecule has 6 aromatic rings. The fourth-order valence-electron chi connectivity index (χ4n) is 6.61. The first-order chi connectivity index (χ1) is 46.9. The molecule has 102 heavy (non-hydrogen) atoms. The first-order valence-corrected chi connectivity index (χ1v) is 29.5. The molecule has 32 nitrogen and oxygen atoms in total. The number of benzene rings is 6. The van der Waals surface area contributed by atoms with Crippen LogP contribution in [0.1, 0.15) is 26.3 Å². The van der Waals surface area contributed by atoms with Crippen LogP contribution < -0.4 is 70.5 Å². The molecule has 550 valence electrons. The average Bonchev–Trinajstić information content (AvgIpc) is 0.800. The van der Waals surface area contributed by atoms with E-state index in [1.54, 1.807) is 19.1 Å². The van der Waals surface area contributed by atoms with Crippen LogP contribution in [-0.2, 0) is 63.9 Å². The van der Waals surface area contributed by atoms with Crippen LogP contribution in [0.25, 0.3) is 0 Å². The number of anilines is 5. The van der Waals surface area contributed by atoms with Crippen molar-refractivity contribution in [2.45, 2.75) is 39.9 Å². The third kappa shape index (κ3) is 41.5. The van der Waals surface area contributed by atoms with E-state index in [4.69, 9.17) is 56.3 Å². The Balaban J connectivity index is -0.00000117. The quantitative estimate of drug-likeness (QED) is 0.00688. The van der Waals surface area contributed by atoms with Crippen molar-refractivity contribution in [3.05, 3.63) is 192 Å². The van der Waals surface area contributed by atoms with Gasteiger partial charge in [-0.3, -0.25) is 78.8 Å². The normalized spacial score (nSPS) is 10.7. The average molecular weight is 1590 g/mol. The summed E-state index contributed by atoms with van der Waals surface area (Å²) in [5, 5.41) is 49.9. The van der Waals surface area contributed by atoms with Crippen molar-refractivity contribution in [3.8, 4) is 11.5 Å². The van der Waals surface area contributed by atoms with E-state index in [2.05, 4.69) is 44.5 Å². The predicted molar refractivity (Wildman–Crippen MR) is 353 cm³/mol. The Kier molecular flexibility index (Phi) is 48.2. The Morgan fingerprint density at radius 3 is 1.21 bits per heavy atom. The van der Waals surface area contributed by atoms with Crippen LogP contribution in [-0.4, -0.2) is 137 Å². The zero-order valence-electron chi connectivity index (χ0n) is 52.8. The van der Waals surface area contributed by atoms with Crippen molar-refractivity contribution in [2.75, 3.05) is 83.7 Å². The van der Waals surface area contributed by atoms with Gasteiger partial charge in [-0.05, 0) is 115 Å². The van der Waals surface area contributed by atoms with Crippen LogP contribution in [0.15, 0.2) is 146 Å². The maximum Gasteiger partial charge on any atom is 1.00 e. The van der Waals surface area contributed by atoms with E-state index in [0.717, 1.165) is 39.6 Å². The largest absolute Gasteiger partial charge is 1.00 e. The minimum Gasteiger partial charge on any atom is -0.662 e. The molecule has 1 aliphatic heterocycles.